The van der Waals surface area contributed by atoms with E-state index in [1.807, 2.05) is 0 Å². The average Bonchev–Trinajstić information content (AvgIpc) is 2.50. The fourth-order valence-electron chi connectivity index (χ4n) is 2.18. The SMILES string of the molecule is COc1cc([C@@H](CC(=O)O)NC(=O)OC(C)(C)C)c([N+](=O)[O-])cc1OC. The summed E-state index contributed by atoms with van der Waals surface area (Å²) in [7, 11) is 2.65. The monoisotopic (exact) mass is 370 g/mol. The molecule has 1 aromatic rings. The summed E-state index contributed by atoms with van der Waals surface area (Å²) in [6.07, 6.45) is -1.48. The summed E-state index contributed by atoms with van der Waals surface area (Å²) in [6, 6.07) is 1.17. The van der Waals surface area contributed by atoms with Gasteiger partial charge in [-0.25, -0.2) is 4.79 Å². The van der Waals surface area contributed by atoms with Gasteiger partial charge in [-0.05, 0) is 26.8 Å². The summed E-state index contributed by atoms with van der Waals surface area (Å²) < 4.78 is 15.2. The smallest absolute Gasteiger partial charge is 0.408 e. The third-order valence-electron chi connectivity index (χ3n) is 3.17. The molecule has 0 aromatic heterocycles. The highest BCUT2D eigenvalue weighted by Crippen LogP contribution is 2.38. The summed E-state index contributed by atoms with van der Waals surface area (Å²) in [5, 5.41) is 22.9. The van der Waals surface area contributed by atoms with Crippen LogP contribution in [0.15, 0.2) is 12.1 Å². The lowest BCUT2D eigenvalue weighted by Gasteiger charge is -2.23. The first kappa shape index (κ1) is 21.0. The van der Waals surface area contributed by atoms with Crippen molar-refractivity contribution >= 4 is 17.7 Å². The maximum Gasteiger partial charge on any atom is 0.408 e. The number of nitro groups is 1. The zero-order valence-corrected chi connectivity index (χ0v) is 15.2. The molecule has 1 rings (SSSR count). The lowest BCUT2D eigenvalue weighted by atomic mass is 10.0. The van der Waals surface area contributed by atoms with E-state index in [0.29, 0.717) is 0 Å². The van der Waals surface area contributed by atoms with Crippen LogP contribution in [0.25, 0.3) is 0 Å². The first-order chi connectivity index (χ1) is 12.0. The Balaban J connectivity index is 3.38. The second kappa shape index (κ2) is 8.37. The number of carbonyl (C=O) groups excluding carboxylic acids is 1. The molecule has 26 heavy (non-hydrogen) atoms. The fourth-order valence-corrected chi connectivity index (χ4v) is 2.18. The molecule has 0 unspecified atom stereocenters. The second-order valence-electron chi connectivity index (χ2n) is 6.32. The van der Waals surface area contributed by atoms with Crippen LogP contribution in [-0.4, -0.2) is 41.9 Å². The molecule has 0 saturated heterocycles. The van der Waals surface area contributed by atoms with Crippen LogP contribution in [0.1, 0.15) is 38.8 Å². The van der Waals surface area contributed by atoms with E-state index in [9.17, 15) is 19.7 Å². The minimum Gasteiger partial charge on any atom is -0.493 e. The van der Waals surface area contributed by atoms with Crippen molar-refractivity contribution in [2.45, 2.75) is 38.8 Å². The van der Waals surface area contributed by atoms with Crippen LogP contribution >= 0.6 is 0 Å². The maximum absolute atomic E-state index is 12.0. The van der Waals surface area contributed by atoms with Gasteiger partial charge in [-0.2, -0.15) is 0 Å². The molecule has 0 aliphatic heterocycles. The van der Waals surface area contributed by atoms with Crippen LogP contribution in [0, 0.1) is 10.1 Å². The topological polar surface area (TPSA) is 137 Å². The van der Waals surface area contributed by atoms with Gasteiger partial charge in [0.2, 0.25) is 0 Å². The van der Waals surface area contributed by atoms with Gasteiger partial charge in [0.1, 0.15) is 5.60 Å². The van der Waals surface area contributed by atoms with Crippen molar-refractivity contribution in [2.75, 3.05) is 14.2 Å². The van der Waals surface area contributed by atoms with Crippen molar-refractivity contribution in [2.24, 2.45) is 0 Å². The number of alkyl carbamates (subject to hydrolysis) is 1. The lowest BCUT2D eigenvalue weighted by Crippen LogP contribution is -2.36. The number of carboxylic acids is 1. The van der Waals surface area contributed by atoms with Crippen LogP contribution < -0.4 is 14.8 Å². The summed E-state index contributed by atoms with van der Waals surface area (Å²) in [6.45, 7) is 4.91. The van der Waals surface area contributed by atoms with Crippen LogP contribution in [0.2, 0.25) is 0 Å². The van der Waals surface area contributed by atoms with Gasteiger partial charge in [0.25, 0.3) is 5.69 Å². The number of benzene rings is 1. The number of nitrogens with one attached hydrogen (secondary N) is 1. The third-order valence-corrected chi connectivity index (χ3v) is 3.17. The van der Waals surface area contributed by atoms with E-state index in [2.05, 4.69) is 5.32 Å². The van der Waals surface area contributed by atoms with Gasteiger partial charge in [0.15, 0.2) is 11.5 Å². The number of aliphatic carboxylic acids is 1. The summed E-state index contributed by atoms with van der Waals surface area (Å²) >= 11 is 0. The lowest BCUT2D eigenvalue weighted by molar-refractivity contribution is -0.385. The molecule has 0 aliphatic rings. The van der Waals surface area contributed by atoms with Gasteiger partial charge in [-0.3, -0.25) is 14.9 Å². The molecule has 0 aliphatic carbocycles. The number of rotatable bonds is 7. The quantitative estimate of drug-likeness (QED) is 0.552. The van der Waals surface area contributed by atoms with E-state index in [0.717, 1.165) is 6.07 Å². The van der Waals surface area contributed by atoms with Crippen LogP contribution in [0.5, 0.6) is 11.5 Å². The van der Waals surface area contributed by atoms with Crippen LogP contribution in [-0.2, 0) is 9.53 Å². The standard InChI is InChI=1S/C16H22N2O8/c1-16(2,3)26-15(21)17-10(7-14(19)20)9-6-12(24-4)13(25-5)8-11(9)18(22)23/h6,8,10H,7H2,1-5H3,(H,17,21)(H,19,20)/t10-/m1/s1. The number of carbonyl (C=O) groups is 2. The second-order valence-corrected chi connectivity index (χ2v) is 6.32. The van der Waals surface area contributed by atoms with Crippen molar-refractivity contribution in [3.8, 4) is 11.5 Å². The van der Waals surface area contributed by atoms with E-state index < -0.39 is 40.7 Å². The molecular formula is C16H22N2O8. The first-order valence-electron chi connectivity index (χ1n) is 7.60. The highest BCUT2D eigenvalue weighted by molar-refractivity contribution is 5.73. The number of nitro benzene ring substituents is 1. The van der Waals surface area contributed by atoms with Gasteiger partial charge >= 0.3 is 12.1 Å². The fraction of sp³-hybridized carbons (Fsp3) is 0.500. The van der Waals surface area contributed by atoms with Crippen molar-refractivity contribution in [1.29, 1.82) is 0 Å². The highest BCUT2D eigenvalue weighted by atomic mass is 16.6. The van der Waals surface area contributed by atoms with Crippen molar-refractivity contribution < 1.29 is 33.8 Å². The Morgan fingerprint density at radius 3 is 2.19 bits per heavy atom. The zero-order valence-electron chi connectivity index (χ0n) is 15.2. The van der Waals surface area contributed by atoms with Crippen molar-refractivity contribution in [1.82, 2.24) is 5.32 Å². The number of carboxylic acid groups (broad SMARTS) is 1. The first-order valence-corrected chi connectivity index (χ1v) is 7.60. The Hall–Kier alpha value is -3.04. The summed E-state index contributed by atoms with van der Waals surface area (Å²) in [5.74, 6) is -0.987. The predicted octanol–water partition coefficient (Wildman–Crippen LogP) is 2.65. The van der Waals surface area contributed by atoms with Crippen LogP contribution in [0.4, 0.5) is 10.5 Å². The molecule has 0 radical (unpaired) electrons. The number of hydrogen-bond donors (Lipinski definition) is 2. The molecule has 0 fully saturated rings. The molecule has 0 heterocycles. The Kier molecular flexibility index (Phi) is 6.76. The minimum atomic E-state index is -1.25. The number of hydrogen-bond acceptors (Lipinski definition) is 7. The Morgan fingerprint density at radius 2 is 1.77 bits per heavy atom. The molecular weight excluding hydrogens is 348 g/mol. The molecule has 1 amide bonds. The largest absolute Gasteiger partial charge is 0.493 e. The minimum absolute atomic E-state index is 0.0408. The molecule has 0 bridgehead atoms. The normalized spacial score (nSPS) is 12.0. The van der Waals surface area contributed by atoms with Crippen LogP contribution in [0.3, 0.4) is 0 Å². The molecule has 2 N–H and O–H groups in total. The molecule has 1 atom stereocenters. The average molecular weight is 370 g/mol. The number of methoxy groups -OCH3 is 2. The molecule has 0 saturated carbocycles. The highest BCUT2D eigenvalue weighted by Gasteiger charge is 2.30. The molecule has 144 valence electrons. The number of amides is 1. The predicted molar refractivity (Wildman–Crippen MR) is 90.6 cm³/mol. The Morgan fingerprint density at radius 1 is 1.23 bits per heavy atom. The van der Waals surface area contributed by atoms with Gasteiger partial charge in [0, 0.05) is 0 Å². The maximum atomic E-state index is 12.0. The summed E-state index contributed by atoms with van der Waals surface area (Å²) in [5.41, 5.74) is -1.27. The molecule has 10 heteroatoms. The van der Waals surface area contributed by atoms with Gasteiger partial charge < -0.3 is 24.6 Å². The van der Waals surface area contributed by atoms with E-state index in [1.54, 1.807) is 20.8 Å². The summed E-state index contributed by atoms with van der Waals surface area (Å²) in [4.78, 5) is 33.9. The van der Waals surface area contributed by atoms with E-state index in [-0.39, 0.29) is 17.1 Å². The van der Waals surface area contributed by atoms with Crippen molar-refractivity contribution in [3.05, 3.63) is 27.8 Å². The molecule has 10 nitrogen and oxygen atoms in total. The van der Waals surface area contributed by atoms with Crippen molar-refractivity contribution in [3.63, 3.8) is 0 Å². The molecule has 1 aromatic carbocycles. The van der Waals surface area contributed by atoms with Gasteiger partial charge in [-0.1, -0.05) is 0 Å². The Labute approximate surface area is 150 Å². The Bertz CT molecular complexity index is 696. The van der Waals surface area contributed by atoms with Gasteiger partial charge in [0.05, 0.1) is 43.2 Å². The van der Waals surface area contributed by atoms with E-state index >= 15 is 0 Å². The number of ether oxygens (including phenoxy) is 3. The third kappa shape index (κ3) is 5.80. The van der Waals surface area contributed by atoms with Gasteiger partial charge in [-0.15, -0.1) is 0 Å². The van der Waals surface area contributed by atoms with E-state index in [4.69, 9.17) is 19.3 Å². The molecule has 0 spiro atoms. The zero-order chi connectivity index (χ0) is 20.1. The van der Waals surface area contributed by atoms with E-state index in [1.165, 1.54) is 20.3 Å². The number of nitrogens with zero attached hydrogens (tertiary/aromatic N) is 1.